The van der Waals surface area contributed by atoms with Crippen molar-refractivity contribution in [2.75, 3.05) is 24.7 Å². The number of fused-ring (bicyclic) bond motifs is 3. The van der Waals surface area contributed by atoms with Crippen molar-refractivity contribution in [1.29, 1.82) is 0 Å². The van der Waals surface area contributed by atoms with Crippen LogP contribution in [-0.4, -0.2) is 45.4 Å². The van der Waals surface area contributed by atoms with Crippen LogP contribution in [0, 0.1) is 5.92 Å². The largest absolute Gasteiger partial charge is 0.381 e. The molecule has 2 N–H and O–H groups in total. The average Bonchev–Trinajstić information content (AvgIpc) is 3.31. The van der Waals surface area contributed by atoms with Gasteiger partial charge in [-0.1, -0.05) is 16.7 Å². The number of aromatic nitrogens is 5. The average molecular weight is 373 g/mol. The number of H-pyrrole nitrogens is 2. The highest BCUT2D eigenvalue weighted by molar-refractivity contribution is 6.31. The van der Waals surface area contributed by atoms with Gasteiger partial charge in [0.05, 0.1) is 6.04 Å². The second kappa shape index (κ2) is 6.55. The number of benzene rings is 1. The number of aromatic amines is 2. The molecule has 0 radical (unpaired) electrons. The molecule has 0 spiro atoms. The predicted molar refractivity (Wildman–Crippen MR) is 99.4 cm³/mol. The first-order valence-corrected chi connectivity index (χ1v) is 9.55. The Bertz CT molecular complexity index is 902. The van der Waals surface area contributed by atoms with Crippen molar-refractivity contribution in [3.63, 3.8) is 0 Å². The molecule has 1 saturated heterocycles. The monoisotopic (exact) mass is 372 g/mol. The van der Waals surface area contributed by atoms with E-state index >= 15 is 0 Å². The molecule has 8 heteroatoms. The smallest absolute Gasteiger partial charge is 0.266 e. The van der Waals surface area contributed by atoms with Crippen molar-refractivity contribution < 1.29 is 4.74 Å². The summed E-state index contributed by atoms with van der Waals surface area (Å²) in [6, 6.07) is 6.26. The molecule has 2 aliphatic rings. The van der Waals surface area contributed by atoms with Gasteiger partial charge in [-0.05, 0) is 60.6 Å². The molecule has 1 aromatic carbocycles. The number of rotatable bonds is 3. The van der Waals surface area contributed by atoms with Gasteiger partial charge in [-0.15, -0.1) is 5.10 Å². The van der Waals surface area contributed by atoms with E-state index in [9.17, 15) is 0 Å². The Labute approximate surface area is 156 Å². The van der Waals surface area contributed by atoms with Crippen molar-refractivity contribution in [2.45, 2.75) is 31.7 Å². The molecular formula is C18H21ClN6O. The van der Waals surface area contributed by atoms with Crippen molar-refractivity contribution >= 4 is 28.5 Å². The standard InChI is InChI=1S/C18H21ClN6O/c19-12-3-4-15-14(9-12)13-5-6-25(18-21-23-24-22-18)16(17(13)20-15)8-11-2-1-7-26-10-11/h3-4,9,11,16,20H,1-2,5-8,10H2,(H,21,22,23,24)/t11?,16-/m0/s1. The summed E-state index contributed by atoms with van der Waals surface area (Å²) in [7, 11) is 0. The Morgan fingerprint density at radius 3 is 3.12 bits per heavy atom. The highest BCUT2D eigenvalue weighted by Gasteiger charge is 2.34. The number of hydrogen-bond acceptors (Lipinski definition) is 5. The second-order valence-electron chi connectivity index (χ2n) is 7.20. The van der Waals surface area contributed by atoms with Crippen molar-refractivity contribution in [3.8, 4) is 0 Å². The summed E-state index contributed by atoms with van der Waals surface area (Å²) in [4.78, 5) is 5.91. The van der Waals surface area contributed by atoms with Crippen LogP contribution in [-0.2, 0) is 11.2 Å². The lowest BCUT2D eigenvalue weighted by Crippen LogP contribution is -2.38. The summed E-state index contributed by atoms with van der Waals surface area (Å²) in [5.41, 5.74) is 3.76. The minimum absolute atomic E-state index is 0.189. The second-order valence-corrected chi connectivity index (χ2v) is 7.63. The number of tetrazole rings is 1. The van der Waals surface area contributed by atoms with Gasteiger partial charge in [0.25, 0.3) is 5.95 Å². The van der Waals surface area contributed by atoms with Gasteiger partial charge in [0, 0.05) is 41.4 Å². The van der Waals surface area contributed by atoms with E-state index in [1.54, 1.807) is 0 Å². The molecular weight excluding hydrogens is 352 g/mol. The van der Waals surface area contributed by atoms with E-state index in [-0.39, 0.29) is 6.04 Å². The molecule has 0 bridgehead atoms. The fourth-order valence-electron chi connectivity index (χ4n) is 4.41. The van der Waals surface area contributed by atoms with Crippen LogP contribution in [0.25, 0.3) is 10.9 Å². The highest BCUT2D eigenvalue weighted by atomic mass is 35.5. The number of halogens is 1. The Balaban J connectivity index is 1.57. The van der Waals surface area contributed by atoms with Gasteiger partial charge in [-0.2, -0.15) is 5.21 Å². The molecule has 0 amide bonds. The first kappa shape index (κ1) is 16.1. The SMILES string of the molecule is Clc1ccc2[nH]c3c(c2c1)CCN(c1nn[nH]n1)[C@H]3CC1CCCOC1. The highest BCUT2D eigenvalue weighted by Crippen LogP contribution is 2.40. The molecule has 2 aliphatic heterocycles. The third-order valence-corrected chi connectivity index (χ3v) is 5.85. The number of hydrogen-bond donors (Lipinski definition) is 2. The van der Waals surface area contributed by atoms with Gasteiger partial charge in [0.15, 0.2) is 0 Å². The molecule has 1 unspecified atom stereocenters. The van der Waals surface area contributed by atoms with E-state index in [1.165, 1.54) is 23.1 Å². The molecule has 2 aromatic heterocycles. The van der Waals surface area contributed by atoms with E-state index in [0.717, 1.165) is 49.6 Å². The molecule has 136 valence electrons. The number of nitrogens with one attached hydrogen (secondary N) is 2. The van der Waals surface area contributed by atoms with Gasteiger partial charge in [0.2, 0.25) is 0 Å². The third kappa shape index (κ3) is 2.75. The minimum atomic E-state index is 0.189. The van der Waals surface area contributed by atoms with Crippen LogP contribution in [0.1, 0.15) is 36.6 Å². The molecule has 4 heterocycles. The summed E-state index contributed by atoms with van der Waals surface area (Å²) >= 11 is 6.25. The van der Waals surface area contributed by atoms with Crippen LogP contribution >= 0.6 is 11.6 Å². The fraction of sp³-hybridized carbons (Fsp3) is 0.500. The maximum absolute atomic E-state index is 6.25. The molecule has 2 atom stereocenters. The Kier molecular flexibility index (Phi) is 4.05. The summed E-state index contributed by atoms with van der Waals surface area (Å²) in [5.74, 6) is 1.21. The molecule has 26 heavy (non-hydrogen) atoms. The zero-order valence-corrected chi connectivity index (χ0v) is 15.2. The summed E-state index contributed by atoms with van der Waals surface area (Å²) in [5, 5.41) is 16.8. The molecule has 5 rings (SSSR count). The molecule has 3 aromatic rings. The van der Waals surface area contributed by atoms with Crippen molar-refractivity contribution in [3.05, 3.63) is 34.5 Å². The molecule has 1 fully saturated rings. The number of anilines is 1. The number of nitrogens with zero attached hydrogens (tertiary/aromatic N) is 4. The Morgan fingerprint density at radius 2 is 2.31 bits per heavy atom. The van der Waals surface area contributed by atoms with Gasteiger partial charge in [-0.3, -0.25) is 0 Å². The van der Waals surface area contributed by atoms with Crippen molar-refractivity contribution in [1.82, 2.24) is 25.6 Å². The van der Waals surface area contributed by atoms with Gasteiger partial charge in [0.1, 0.15) is 0 Å². The third-order valence-electron chi connectivity index (χ3n) is 5.62. The van der Waals surface area contributed by atoms with E-state index in [1.807, 2.05) is 6.07 Å². The first-order valence-electron chi connectivity index (χ1n) is 9.17. The first-order chi connectivity index (χ1) is 12.8. The lowest BCUT2D eigenvalue weighted by atomic mass is 9.88. The zero-order valence-electron chi connectivity index (χ0n) is 14.4. The maximum atomic E-state index is 6.25. The zero-order chi connectivity index (χ0) is 17.5. The Morgan fingerprint density at radius 1 is 1.35 bits per heavy atom. The van der Waals surface area contributed by atoms with Gasteiger partial charge < -0.3 is 14.6 Å². The van der Waals surface area contributed by atoms with Crippen LogP contribution in [0.5, 0.6) is 0 Å². The van der Waals surface area contributed by atoms with Crippen LogP contribution in [0.4, 0.5) is 5.95 Å². The molecule has 7 nitrogen and oxygen atoms in total. The lowest BCUT2D eigenvalue weighted by Gasteiger charge is -2.37. The van der Waals surface area contributed by atoms with Crippen LogP contribution < -0.4 is 4.90 Å². The maximum Gasteiger partial charge on any atom is 0.266 e. The minimum Gasteiger partial charge on any atom is -0.381 e. The normalized spacial score (nSPS) is 23.3. The van der Waals surface area contributed by atoms with E-state index in [0.29, 0.717) is 11.9 Å². The Hall–Kier alpha value is -2.12. The number of ether oxygens (including phenoxy) is 1. The summed E-state index contributed by atoms with van der Waals surface area (Å²) in [6.45, 7) is 2.58. The van der Waals surface area contributed by atoms with Gasteiger partial charge in [-0.25, -0.2) is 0 Å². The van der Waals surface area contributed by atoms with Crippen LogP contribution in [0.2, 0.25) is 5.02 Å². The van der Waals surface area contributed by atoms with E-state index < -0.39 is 0 Å². The van der Waals surface area contributed by atoms with E-state index in [4.69, 9.17) is 16.3 Å². The van der Waals surface area contributed by atoms with Crippen molar-refractivity contribution in [2.24, 2.45) is 5.92 Å². The topological polar surface area (TPSA) is 82.7 Å². The summed E-state index contributed by atoms with van der Waals surface area (Å²) < 4.78 is 5.72. The molecule has 0 saturated carbocycles. The fourth-order valence-corrected chi connectivity index (χ4v) is 4.58. The van der Waals surface area contributed by atoms with E-state index in [2.05, 4.69) is 42.6 Å². The van der Waals surface area contributed by atoms with Crippen LogP contribution in [0.15, 0.2) is 18.2 Å². The molecule has 0 aliphatic carbocycles. The summed E-state index contributed by atoms with van der Waals surface area (Å²) in [6.07, 6.45) is 4.29. The lowest BCUT2D eigenvalue weighted by molar-refractivity contribution is 0.0483. The predicted octanol–water partition coefficient (Wildman–Crippen LogP) is 3.25. The van der Waals surface area contributed by atoms with Crippen LogP contribution in [0.3, 0.4) is 0 Å². The van der Waals surface area contributed by atoms with Gasteiger partial charge >= 0.3 is 0 Å². The quantitative estimate of drug-likeness (QED) is 0.737.